The highest BCUT2D eigenvalue weighted by atomic mass is 16.3. The Labute approximate surface area is 133 Å². The van der Waals surface area contributed by atoms with E-state index in [2.05, 4.69) is 71.7 Å². The van der Waals surface area contributed by atoms with Crippen molar-refractivity contribution in [2.75, 3.05) is 0 Å². The maximum absolute atomic E-state index is 5.47. The maximum Gasteiger partial charge on any atom is 0.181 e. The molecule has 0 amide bonds. The van der Waals surface area contributed by atoms with E-state index in [1.165, 1.54) is 33.5 Å². The zero-order chi connectivity index (χ0) is 15.2. The first-order valence-electron chi connectivity index (χ1n) is 7.64. The Kier molecular flexibility index (Phi) is 2.53. The molecule has 23 heavy (non-hydrogen) atoms. The number of rotatable bonds is 1. The number of fused-ring (bicyclic) bond motifs is 4. The molecule has 0 bridgehead atoms. The summed E-state index contributed by atoms with van der Waals surface area (Å²) in [5, 5.41) is 5.06. The van der Waals surface area contributed by atoms with E-state index < -0.39 is 0 Å². The standard InChI is InChI=1S/C21H13NO/c1-2-6-16-14(5-1)11-19(18-8-4-3-7-17(16)18)15-9-10-20-21(12-15)23-13-22-20/h1-13H. The molecule has 0 unspecified atom stereocenters. The molecule has 108 valence electrons. The highest BCUT2D eigenvalue weighted by Gasteiger charge is 2.09. The maximum atomic E-state index is 5.47. The lowest BCUT2D eigenvalue weighted by Gasteiger charge is -2.10. The van der Waals surface area contributed by atoms with Gasteiger partial charge in [-0.05, 0) is 50.9 Å². The van der Waals surface area contributed by atoms with E-state index in [1.807, 2.05) is 6.07 Å². The van der Waals surface area contributed by atoms with Gasteiger partial charge in [0.1, 0.15) is 5.52 Å². The van der Waals surface area contributed by atoms with Crippen molar-refractivity contribution < 1.29 is 4.42 Å². The number of benzene rings is 4. The minimum Gasteiger partial charge on any atom is -0.443 e. The lowest BCUT2D eigenvalue weighted by atomic mass is 9.93. The van der Waals surface area contributed by atoms with E-state index >= 15 is 0 Å². The van der Waals surface area contributed by atoms with Crippen LogP contribution in [0, 0.1) is 0 Å². The van der Waals surface area contributed by atoms with Gasteiger partial charge in [-0.25, -0.2) is 4.98 Å². The summed E-state index contributed by atoms with van der Waals surface area (Å²) in [6, 6.07) is 25.5. The van der Waals surface area contributed by atoms with Gasteiger partial charge in [0.15, 0.2) is 12.0 Å². The monoisotopic (exact) mass is 295 g/mol. The van der Waals surface area contributed by atoms with E-state index in [-0.39, 0.29) is 0 Å². The summed E-state index contributed by atoms with van der Waals surface area (Å²) in [6.45, 7) is 0. The molecule has 0 aliphatic heterocycles. The van der Waals surface area contributed by atoms with Gasteiger partial charge < -0.3 is 4.42 Å². The number of oxazole rings is 1. The van der Waals surface area contributed by atoms with E-state index in [9.17, 15) is 0 Å². The molecule has 0 fully saturated rings. The van der Waals surface area contributed by atoms with E-state index in [0.717, 1.165) is 16.7 Å². The van der Waals surface area contributed by atoms with Crippen LogP contribution in [0.2, 0.25) is 0 Å². The van der Waals surface area contributed by atoms with Crippen LogP contribution >= 0.6 is 0 Å². The molecule has 0 atom stereocenters. The number of nitrogens with zero attached hydrogens (tertiary/aromatic N) is 1. The molecule has 5 rings (SSSR count). The predicted octanol–water partition coefficient (Wildman–Crippen LogP) is 5.80. The zero-order valence-corrected chi connectivity index (χ0v) is 12.4. The molecule has 2 nitrogen and oxygen atoms in total. The van der Waals surface area contributed by atoms with Crippen LogP contribution in [-0.4, -0.2) is 4.98 Å². The third-order valence-electron chi connectivity index (χ3n) is 4.41. The molecule has 1 aromatic heterocycles. The first-order valence-corrected chi connectivity index (χ1v) is 7.64. The van der Waals surface area contributed by atoms with Crippen molar-refractivity contribution in [2.24, 2.45) is 0 Å². The van der Waals surface area contributed by atoms with Crippen molar-refractivity contribution in [3.8, 4) is 11.1 Å². The fourth-order valence-electron chi connectivity index (χ4n) is 3.32. The lowest BCUT2D eigenvalue weighted by molar-refractivity contribution is 0.602. The summed E-state index contributed by atoms with van der Waals surface area (Å²) >= 11 is 0. The molecule has 0 saturated heterocycles. The summed E-state index contributed by atoms with van der Waals surface area (Å²) in [6.07, 6.45) is 1.49. The van der Waals surface area contributed by atoms with Crippen molar-refractivity contribution in [2.45, 2.75) is 0 Å². The Bertz CT molecular complexity index is 1170. The average Bonchev–Trinajstić information content (AvgIpc) is 3.09. The van der Waals surface area contributed by atoms with Crippen LogP contribution in [0.25, 0.3) is 43.8 Å². The van der Waals surface area contributed by atoms with Crippen LogP contribution in [0.5, 0.6) is 0 Å². The van der Waals surface area contributed by atoms with Gasteiger partial charge in [-0.1, -0.05) is 54.6 Å². The van der Waals surface area contributed by atoms with E-state index in [4.69, 9.17) is 4.42 Å². The number of hydrogen-bond acceptors (Lipinski definition) is 2. The second kappa shape index (κ2) is 4.68. The van der Waals surface area contributed by atoms with Crippen molar-refractivity contribution in [3.05, 3.63) is 79.2 Å². The Morgan fingerprint density at radius 2 is 1.48 bits per heavy atom. The minimum absolute atomic E-state index is 0.819. The second-order valence-corrected chi connectivity index (χ2v) is 5.73. The van der Waals surface area contributed by atoms with Crippen LogP contribution in [0.1, 0.15) is 0 Å². The summed E-state index contributed by atoms with van der Waals surface area (Å²) < 4.78 is 5.47. The lowest BCUT2D eigenvalue weighted by Crippen LogP contribution is -1.84. The van der Waals surface area contributed by atoms with Gasteiger partial charge in [-0.15, -0.1) is 0 Å². The molecular weight excluding hydrogens is 282 g/mol. The molecule has 4 aromatic carbocycles. The normalized spacial score (nSPS) is 11.5. The van der Waals surface area contributed by atoms with Gasteiger partial charge in [0.05, 0.1) is 0 Å². The molecule has 2 heteroatoms. The minimum atomic E-state index is 0.819. The Hall–Kier alpha value is -3.13. The highest BCUT2D eigenvalue weighted by Crippen LogP contribution is 2.35. The van der Waals surface area contributed by atoms with Gasteiger partial charge in [0.25, 0.3) is 0 Å². The van der Waals surface area contributed by atoms with E-state index in [1.54, 1.807) is 0 Å². The Morgan fingerprint density at radius 3 is 2.39 bits per heavy atom. The first-order chi connectivity index (χ1) is 11.4. The van der Waals surface area contributed by atoms with Crippen LogP contribution in [0.4, 0.5) is 0 Å². The molecule has 0 aliphatic carbocycles. The van der Waals surface area contributed by atoms with Crippen LogP contribution < -0.4 is 0 Å². The largest absolute Gasteiger partial charge is 0.443 e. The van der Waals surface area contributed by atoms with Gasteiger partial charge in [-0.3, -0.25) is 0 Å². The Balaban J connectivity index is 1.91. The molecular formula is C21H13NO. The molecule has 1 heterocycles. The summed E-state index contributed by atoms with van der Waals surface area (Å²) in [4.78, 5) is 4.20. The van der Waals surface area contributed by atoms with Crippen LogP contribution in [0.3, 0.4) is 0 Å². The topological polar surface area (TPSA) is 26.0 Å². The molecule has 0 spiro atoms. The fourth-order valence-corrected chi connectivity index (χ4v) is 3.32. The molecule has 0 saturated carbocycles. The van der Waals surface area contributed by atoms with Crippen LogP contribution in [-0.2, 0) is 0 Å². The summed E-state index contributed by atoms with van der Waals surface area (Å²) in [7, 11) is 0. The van der Waals surface area contributed by atoms with Crippen molar-refractivity contribution in [1.29, 1.82) is 0 Å². The first kappa shape index (κ1) is 12.4. The van der Waals surface area contributed by atoms with Gasteiger partial charge in [0, 0.05) is 0 Å². The Morgan fingerprint density at radius 1 is 0.696 bits per heavy atom. The molecule has 0 radical (unpaired) electrons. The van der Waals surface area contributed by atoms with Gasteiger partial charge in [0.2, 0.25) is 0 Å². The number of hydrogen-bond donors (Lipinski definition) is 0. The summed E-state index contributed by atoms with van der Waals surface area (Å²) in [5.41, 5.74) is 4.08. The average molecular weight is 295 g/mol. The quantitative estimate of drug-likeness (QED) is 0.365. The van der Waals surface area contributed by atoms with Gasteiger partial charge >= 0.3 is 0 Å². The van der Waals surface area contributed by atoms with Crippen molar-refractivity contribution in [3.63, 3.8) is 0 Å². The number of aromatic nitrogens is 1. The second-order valence-electron chi connectivity index (χ2n) is 5.73. The van der Waals surface area contributed by atoms with E-state index in [0.29, 0.717) is 0 Å². The third kappa shape index (κ3) is 1.85. The van der Waals surface area contributed by atoms with Gasteiger partial charge in [-0.2, -0.15) is 0 Å². The fraction of sp³-hybridized carbons (Fsp3) is 0. The SMILES string of the molecule is c1ccc2c(c1)cc(-c1ccc3ncoc3c1)c1ccccc12. The molecule has 5 aromatic rings. The van der Waals surface area contributed by atoms with Crippen LogP contribution in [0.15, 0.2) is 83.6 Å². The molecule has 0 aliphatic rings. The summed E-state index contributed by atoms with van der Waals surface area (Å²) in [5.74, 6) is 0. The predicted molar refractivity (Wildman–Crippen MR) is 94.5 cm³/mol. The third-order valence-corrected chi connectivity index (χ3v) is 4.41. The molecule has 0 N–H and O–H groups in total. The zero-order valence-electron chi connectivity index (χ0n) is 12.4. The van der Waals surface area contributed by atoms with Crippen molar-refractivity contribution in [1.82, 2.24) is 4.98 Å². The smallest absolute Gasteiger partial charge is 0.181 e. The van der Waals surface area contributed by atoms with Crippen molar-refractivity contribution >= 4 is 32.6 Å². The highest BCUT2D eigenvalue weighted by molar-refractivity contribution is 6.13.